The number of rotatable bonds is 5. The Balaban J connectivity index is 2.35. The highest BCUT2D eigenvalue weighted by Crippen LogP contribution is 2.22. The molecule has 0 aromatic heterocycles. The van der Waals surface area contributed by atoms with Crippen LogP contribution in [-0.4, -0.2) is 30.6 Å². The highest BCUT2D eigenvalue weighted by molar-refractivity contribution is 4.83. The minimum absolute atomic E-state index is 0.619. The van der Waals surface area contributed by atoms with Crippen molar-refractivity contribution in [3.63, 3.8) is 0 Å². The van der Waals surface area contributed by atoms with Crippen LogP contribution in [0, 0.1) is 5.92 Å². The van der Waals surface area contributed by atoms with Gasteiger partial charge < -0.3 is 5.73 Å². The van der Waals surface area contributed by atoms with E-state index in [9.17, 15) is 0 Å². The molecule has 0 bridgehead atoms. The Morgan fingerprint density at radius 1 is 1.57 bits per heavy atom. The summed E-state index contributed by atoms with van der Waals surface area (Å²) in [5, 5.41) is 0. The molecule has 0 radical (unpaired) electrons. The van der Waals surface area contributed by atoms with E-state index in [1.807, 2.05) is 6.08 Å². The number of likely N-dealkylation sites (tertiary alicyclic amines) is 1. The van der Waals surface area contributed by atoms with Gasteiger partial charge in [0.1, 0.15) is 0 Å². The largest absolute Gasteiger partial charge is 0.329 e. The first-order chi connectivity index (χ1) is 6.79. The van der Waals surface area contributed by atoms with Crippen molar-refractivity contribution in [2.45, 2.75) is 38.6 Å². The average molecular weight is 196 g/mol. The van der Waals surface area contributed by atoms with E-state index < -0.39 is 0 Å². The molecule has 82 valence electrons. The second kappa shape index (κ2) is 6.20. The Labute approximate surface area is 88.2 Å². The molecule has 14 heavy (non-hydrogen) atoms. The molecule has 0 aromatic carbocycles. The highest BCUT2D eigenvalue weighted by atomic mass is 15.2. The molecular weight excluding hydrogens is 172 g/mol. The van der Waals surface area contributed by atoms with Crippen LogP contribution >= 0.6 is 0 Å². The molecule has 0 aromatic rings. The van der Waals surface area contributed by atoms with E-state index in [4.69, 9.17) is 5.73 Å². The molecule has 0 aliphatic carbocycles. The van der Waals surface area contributed by atoms with Crippen LogP contribution in [0.1, 0.15) is 32.6 Å². The standard InChI is InChI=1S/C12H24N2/c1-3-4-5-8-14-9-6-7-11(2)12(14)10-13/h3,11-12H,1,4-10,13H2,2H3. The van der Waals surface area contributed by atoms with Crippen LogP contribution in [0.4, 0.5) is 0 Å². The van der Waals surface area contributed by atoms with Crippen molar-refractivity contribution >= 4 is 0 Å². The summed E-state index contributed by atoms with van der Waals surface area (Å²) in [6.07, 6.45) is 7.05. The molecule has 0 spiro atoms. The van der Waals surface area contributed by atoms with E-state index in [-0.39, 0.29) is 0 Å². The topological polar surface area (TPSA) is 29.3 Å². The van der Waals surface area contributed by atoms with Crippen molar-refractivity contribution in [3.8, 4) is 0 Å². The number of piperidine rings is 1. The lowest BCUT2D eigenvalue weighted by Gasteiger charge is -2.39. The first kappa shape index (κ1) is 11.7. The zero-order chi connectivity index (χ0) is 10.4. The summed E-state index contributed by atoms with van der Waals surface area (Å²) in [5.74, 6) is 0.775. The van der Waals surface area contributed by atoms with Gasteiger partial charge in [-0.25, -0.2) is 0 Å². The molecule has 2 N–H and O–H groups in total. The summed E-state index contributed by atoms with van der Waals surface area (Å²) in [7, 11) is 0. The van der Waals surface area contributed by atoms with Gasteiger partial charge in [-0.05, 0) is 44.7 Å². The molecule has 1 aliphatic rings. The lowest BCUT2D eigenvalue weighted by atomic mass is 9.90. The molecule has 2 nitrogen and oxygen atoms in total. The molecule has 2 heteroatoms. The molecule has 1 aliphatic heterocycles. The normalized spacial score (nSPS) is 29.0. The van der Waals surface area contributed by atoms with Gasteiger partial charge in [0.05, 0.1) is 0 Å². The van der Waals surface area contributed by atoms with Crippen LogP contribution in [0.15, 0.2) is 12.7 Å². The quantitative estimate of drug-likeness (QED) is 0.538. The molecule has 0 saturated carbocycles. The Morgan fingerprint density at radius 3 is 3.00 bits per heavy atom. The van der Waals surface area contributed by atoms with Gasteiger partial charge in [0.25, 0.3) is 0 Å². The van der Waals surface area contributed by atoms with E-state index in [0.717, 1.165) is 18.9 Å². The van der Waals surface area contributed by atoms with Gasteiger partial charge >= 0.3 is 0 Å². The summed E-state index contributed by atoms with van der Waals surface area (Å²) in [6, 6.07) is 0.619. The zero-order valence-electron chi connectivity index (χ0n) is 9.41. The molecular formula is C12H24N2. The number of allylic oxidation sites excluding steroid dienone is 1. The van der Waals surface area contributed by atoms with Gasteiger partial charge in [-0.15, -0.1) is 6.58 Å². The Morgan fingerprint density at radius 2 is 2.36 bits per heavy atom. The molecule has 1 fully saturated rings. The van der Waals surface area contributed by atoms with Crippen LogP contribution in [0.5, 0.6) is 0 Å². The minimum atomic E-state index is 0.619. The van der Waals surface area contributed by atoms with Crippen molar-refractivity contribution in [3.05, 3.63) is 12.7 Å². The minimum Gasteiger partial charge on any atom is -0.329 e. The summed E-state index contributed by atoms with van der Waals surface area (Å²) in [5.41, 5.74) is 5.83. The number of hydrogen-bond donors (Lipinski definition) is 1. The number of unbranched alkanes of at least 4 members (excludes halogenated alkanes) is 1. The molecule has 0 amide bonds. The van der Waals surface area contributed by atoms with E-state index in [0.29, 0.717) is 6.04 Å². The van der Waals surface area contributed by atoms with Gasteiger partial charge in [0.2, 0.25) is 0 Å². The summed E-state index contributed by atoms with van der Waals surface area (Å²) in [4.78, 5) is 2.57. The summed E-state index contributed by atoms with van der Waals surface area (Å²) < 4.78 is 0. The first-order valence-corrected chi connectivity index (χ1v) is 5.84. The second-order valence-electron chi connectivity index (χ2n) is 4.39. The third kappa shape index (κ3) is 3.10. The van der Waals surface area contributed by atoms with E-state index in [2.05, 4.69) is 18.4 Å². The molecule has 2 atom stereocenters. The Bertz CT molecular complexity index is 168. The van der Waals surface area contributed by atoms with Crippen LogP contribution in [-0.2, 0) is 0 Å². The number of hydrogen-bond acceptors (Lipinski definition) is 2. The monoisotopic (exact) mass is 196 g/mol. The van der Waals surface area contributed by atoms with E-state index >= 15 is 0 Å². The lowest BCUT2D eigenvalue weighted by molar-refractivity contribution is 0.105. The van der Waals surface area contributed by atoms with Gasteiger partial charge in [-0.1, -0.05) is 13.0 Å². The maximum absolute atomic E-state index is 5.83. The van der Waals surface area contributed by atoms with Crippen molar-refractivity contribution in [2.75, 3.05) is 19.6 Å². The highest BCUT2D eigenvalue weighted by Gasteiger charge is 2.26. The van der Waals surface area contributed by atoms with Crippen LogP contribution < -0.4 is 5.73 Å². The maximum atomic E-state index is 5.83. The van der Waals surface area contributed by atoms with Crippen molar-refractivity contribution in [1.82, 2.24) is 4.90 Å². The third-order valence-corrected chi connectivity index (χ3v) is 3.33. The Hall–Kier alpha value is -0.340. The number of nitrogens with two attached hydrogens (primary N) is 1. The Kier molecular flexibility index (Phi) is 5.20. The fourth-order valence-electron chi connectivity index (χ4n) is 2.43. The van der Waals surface area contributed by atoms with Gasteiger partial charge in [0.15, 0.2) is 0 Å². The molecule has 1 heterocycles. The molecule has 2 unspecified atom stereocenters. The molecule has 1 rings (SSSR count). The zero-order valence-corrected chi connectivity index (χ0v) is 9.41. The van der Waals surface area contributed by atoms with Crippen LogP contribution in [0.25, 0.3) is 0 Å². The van der Waals surface area contributed by atoms with E-state index in [1.54, 1.807) is 0 Å². The van der Waals surface area contributed by atoms with Crippen molar-refractivity contribution in [2.24, 2.45) is 11.7 Å². The second-order valence-corrected chi connectivity index (χ2v) is 4.39. The van der Waals surface area contributed by atoms with Crippen molar-refractivity contribution < 1.29 is 0 Å². The van der Waals surface area contributed by atoms with Crippen molar-refractivity contribution in [1.29, 1.82) is 0 Å². The summed E-state index contributed by atoms with van der Waals surface area (Å²) >= 11 is 0. The van der Waals surface area contributed by atoms with Gasteiger partial charge in [-0.2, -0.15) is 0 Å². The van der Waals surface area contributed by atoms with Gasteiger partial charge in [-0.3, -0.25) is 4.90 Å². The van der Waals surface area contributed by atoms with Crippen LogP contribution in [0.3, 0.4) is 0 Å². The predicted molar refractivity (Wildman–Crippen MR) is 62.2 cm³/mol. The number of nitrogens with zero attached hydrogens (tertiary/aromatic N) is 1. The fourth-order valence-corrected chi connectivity index (χ4v) is 2.43. The van der Waals surface area contributed by atoms with Gasteiger partial charge in [0, 0.05) is 12.6 Å². The SMILES string of the molecule is C=CCCCN1CCCC(C)C1CN. The predicted octanol–water partition coefficient (Wildman–Crippen LogP) is 2.01. The third-order valence-electron chi connectivity index (χ3n) is 3.33. The first-order valence-electron chi connectivity index (χ1n) is 5.84. The smallest absolute Gasteiger partial charge is 0.0243 e. The lowest BCUT2D eigenvalue weighted by Crippen LogP contribution is -2.48. The molecule has 1 saturated heterocycles. The van der Waals surface area contributed by atoms with Crippen LogP contribution in [0.2, 0.25) is 0 Å². The maximum Gasteiger partial charge on any atom is 0.0243 e. The summed E-state index contributed by atoms with van der Waals surface area (Å²) in [6.45, 7) is 9.33. The average Bonchev–Trinajstić information content (AvgIpc) is 2.18. The fraction of sp³-hybridized carbons (Fsp3) is 0.833. The van der Waals surface area contributed by atoms with E-state index in [1.165, 1.54) is 32.4 Å².